The van der Waals surface area contributed by atoms with Gasteiger partial charge in [0.2, 0.25) is 0 Å². The Morgan fingerprint density at radius 1 is 1.12 bits per heavy atom. The van der Waals surface area contributed by atoms with Crippen LogP contribution in [0.25, 0.3) is 0 Å². The zero-order chi connectivity index (χ0) is 18.3. The number of carbonyl (C=O) groups excluding carboxylic acids is 2. The second-order valence-electron chi connectivity index (χ2n) is 7.82. The molecule has 1 saturated carbocycles. The summed E-state index contributed by atoms with van der Waals surface area (Å²) in [6.07, 6.45) is 5.73. The highest BCUT2D eigenvalue weighted by atomic mass is 16.5. The Kier molecular flexibility index (Phi) is 4.60. The number of fused-ring (bicyclic) bond motifs is 1. The van der Waals surface area contributed by atoms with Gasteiger partial charge in [-0.2, -0.15) is 0 Å². The van der Waals surface area contributed by atoms with Gasteiger partial charge in [-0.25, -0.2) is 0 Å². The first-order valence-electron chi connectivity index (χ1n) is 9.94. The highest BCUT2D eigenvalue weighted by Gasteiger charge is 2.51. The smallest absolute Gasteiger partial charge is 0.290 e. The molecule has 138 valence electrons. The zero-order valence-electron chi connectivity index (χ0n) is 15.7. The molecule has 1 aliphatic carbocycles. The Morgan fingerprint density at radius 2 is 1.85 bits per heavy atom. The van der Waals surface area contributed by atoms with Gasteiger partial charge in [0.1, 0.15) is 6.10 Å². The van der Waals surface area contributed by atoms with E-state index in [9.17, 15) is 9.59 Å². The van der Waals surface area contributed by atoms with Crippen molar-refractivity contribution in [2.75, 3.05) is 6.54 Å². The highest BCUT2D eigenvalue weighted by Crippen LogP contribution is 2.46. The van der Waals surface area contributed by atoms with Crippen LogP contribution in [0.2, 0.25) is 0 Å². The molecule has 1 aromatic rings. The van der Waals surface area contributed by atoms with Crippen LogP contribution in [-0.2, 0) is 14.3 Å². The summed E-state index contributed by atoms with van der Waals surface area (Å²) in [6.45, 7) is 4.82. The van der Waals surface area contributed by atoms with Gasteiger partial charge in [-0.1, -0.05) is 49.6 Å². The van der Waals surface area contributed by atoms with Gasteiger partial charge in [-0.15, -0.1) is 0 Å². The van der Waals surface area contributed by atoms with Crippen molar-refractivity contribution in [2.45, 2.75) is 64.5 Å². The number of hydrogen-bond donors (Lipinski definition) is 0. The molecule has 3 atom stereocenters. The van der Waals surface area contributed by atoms with Gasteiger partial charge < -0.3 is 9.64 Å². The number of carbonyl (C=O) groups is 2. The number of benzene rings is 1. The van der Waals surface area contributed by atoms with Crippen LogP contribution >= 0.6 is 0 Å². The molecule has 3 aliphatic rings. The molecule has 0 radical (unpaired) electrons. The van der Waals surface area contributed by atoms with Crippen LogP contribution in [0.4, 0.5) is 0 Å². The van der Waals surface area contributed by atoms with Crippen molar-refractivity contribution in [3.63, 3.8) is 0 Å². The molecule has 4 rings (SSSR count). The summed E-state index contributed by atoms with van der Waals surface area (Å²) < 4.78 is 6.15. The van der Waals surface area contributed by atoms with Crippen LogP contribution in [0.3, 0.4) is 0 Å². The molecule has 3 unspecified atom stereocenters. The van der Waals surface area contributed by atoms with E-state index < -0.39 is 0 Å². The van der Waals surface area contributed by atoms with Crippen LogP contribution in [-0.4, -0.2) is 29.2 Å². The van der Waals surface area contributed by atoms with Crippen LogP contribution in [0.15, 0.2) is 35.6 Å². The summed E-state index contributed by atoms with van der Waals surface area (Å²) in [6, 6.07) is 7.90. The molecule has 1 fully saturated rings. The van der Waals surface area contributed by atoms with Crippen molar-refractivity contribution >= 4 is 11.7 Å². The molecule has 1 aromatic carbocycles. The fraction of sp³-hybridized carbons (Fsp3) is 0.545. The number of amides is 1. The number of nitrogens with zero attached hydrogens (tertiary/aromatic N) is 1. The zero-order valence-corrected chi connectivity index (χ0v) is 15.7. The van der Waals surface area contributed by atoms with E-state index >= 15 is 0 Å². The van der Waals surface area contributed by atoms with E-state index in [4.69, 9.17) is 4.74 Å². The van der Waals surface area contributed by atoms with E-state index in [1.165, 1.54) is 5.56 Å². The number of unbranched alkanes of at least 4 members (excludes halogenated alkanes) is 1. The van der Waals surface area contributed by atoms with Gasteiger partial charge in [0.05, 0.1) is 17.5 Å². The molecule has 26 heavy (non-hydrogen) atoms. The van der Waals surface area contributed by atoms with Crippen molar-refractivity contribution in [3.05, 3.63) is 46.7 Å². The standard InChI is InChI=1S/C22H27NO3/c1-3-4-13-23-19(15-11-9-14(2)10-12-15)18-20(24)16-7-5-6-8-17(16)26-21(18)22(23)25/h9-12,16-17,19H,3-8,13H2,1-2H3. The predicted molar refractivity (Wildman–Crippen MR) is 99.4 cm³/mol. The monoisotopic (exact) mass is 353 g/mol. The summed E-state index contributed by atoms with van der Waals surface area (Å²) in [4.78, 5) is 28.3. The van der Waals surface area contributed by atoms with E-state index in [-0.39, 0.29) is 29.8 Å². The van der Waals surface area contributed by atoms with Crippen molar-refractivity contribution in [1.82, 2.24) is 4.90 Å². The number of hydrogen-bond acceptors (Lipinski definition) is 3. The number of aryl methyl sites for hydroxylation is 1. The van der Waals surface area contributed by atoms with Gasteiger partial charge in [-0.3, -0.25) is 9.59 Å². The Hall–Kier alpha value is -2.10. The average Bonchev–Trinajstić information content (AvgIpc) is 2.93. The number of Topliss-reactive ketones (excluding diaryl/α,β-unsaturated/α-hetero) is 1. The maximum atomic E-state index is 13.3. The molecule has 4 nitrogen and oxygen atoms in total. The van der Waals surface area contributed by atoms with Gasteiger partial charge >= 0.3 is 0 Å². The molecule has 1 amide bonds. The third-order valence-corrected chi connectivity index (χ3v) is 6.00. The van der Waals surface area contributed by atoms with E-state index in [0.717, 1.165) is 44.1 Å². The summed E-state index contributed by atoms with van der Waals surface area (Å²) in [5.41, 5.74) is 2.79. The van der Waals surface area contributed by atoms with Crippen molar-refractivity contribution in [3.8, 4) is 0 Å². The predicted octanol–water partition coefficient (Wildman–Crippen LogP) is 4.09. The molecule has 2 heterocycles. The van der Waals surface area contributed by atoms with Gasteiger partial charge in [0, 0.05) is 6.54 Å². The molecule has 2 aliphatic heterocycles. The number of ketones is 1. The first-order valence-corrected chi connectivity index (χ1v) is 9.94. The minimum absolute atomic E-state index is 0.0747. The first-order chi connectivity index (χ1) is 12.6. The second kappa shape index (κ2) is 6.90. The van der Waals surface area contributed by atoms with E-state index in [1.807, 2.05) is 36.1 Å². The van der Waals surface area contributed by atoms with Gasteiger partial charge in [-0.05, 0) is 38.2 Å². The lowest BCUT2D eigenvalue weighted by Gasteiger charge is -2.35. The lowest BCUT2D eigenvalue weighted by molar-refractivity contribution is -0.135. The van der Waals surface area contributed by atoms with Crippen LogP contribution < -0.4 is 0 Å². The third kappa shape index (κ3) is 2.76. The molecule has 0 bridgehead atoms. The maximum absolute atomic E-state index is 13.3. The Balaban J connectivity index is 1.76. The Bertz CT molecular complexity index is 749. The minimum atomic E-state index is -0.292. The van der Waals surface area contributed by atoms with E-state index in [1.54, 1.807) is 0 Å². The molecular weight excluding hydrogens is 326 g/mol. The van der Waals surface area contributed by atoms with Gasteiger partial charge in [0.25, 0.3) is 5.91 Å². The van der Waals surface area contributed by atoms with Crippen molar-refractivity contribution < 1.29 is 14.3 Å². The average molecular weight is 353 g/mol. The summed E-state index contributed by atoms with van der Waals surface area (Å²) in [5, 5.41) is 0. The minimum Gasteiger partial charge on any atom is -0.483 e. The van der Waals surface area contributed by atoms with E-state index in [0.29, 0.717) is 17.9 Å². The van der Waals surface area contributed by atoms with Crippen molar-refractivity contribution in [1.29, 1.82) is 0 Å². The lowest BCUT2D eigenvalue weighted by Crippen LogP contribution is -2.39. The second-order valence-corrected chi connectivity index (χ2v) is 7.82. The molecular formula is C22H27NO3. The fourth-order valence-corrected chi connectivity index (χ4v) is 4.55. The molecule has 0 saturated heterocycles. The summed E-state index contributed by atoms with van der Waals surface area (Å²) in [5.74, 6) is 0.305. The topological polar surface area (TPSA) is 46.6 Å². The Morgan fingerprint density at radius 3 is 2.58 bits per heavy atom. The lowest BCUT2D eigenvalue weighted by atomic mass is 9.77. The van der Waals surface area contributed by atoms with Crippen LogP contribution in [0, 0.1) is 12.8 Å². The van der Waals surface area contributed by atoms with Crippen molar-refractivity contribution in [2.24, 2.45) is 5.92 Å². The highest BCUT2D eigenvalue weighted by molar-refractivity contribution is 6.11. The molecule has 0 spiro atoms. The maximum Gasteiger partial charge on any atom is 0.290 e. The number of ether oxygens (including phenoxy) is 1. The Labute approximate surface area is 155 Å². The van der Waals surface area contributed by atoms with Gasteiger partial charge in [0.15, 0.2) is 11.5 Å². The first kappa shape index (κ1) is 17.3. The van der Waals surface area contributed by atoms with E-state index in [2.05, 4.69) is 6.92 Å². The fourth-order valence-electron chi connectivity index (χ4n) is 4.55. The van der Waals surface area contributed by atoms with Crippen LogP contribution in [0.1, 0.15) is 62.6 Å². The SMILES string of the molecule is CCCCN1C(=O)C2=C(C(=O)C3CCCCC3O2)C1c1ccc(C)cc1. The summed E-state index contributed by atoms with van der Waals surface area (Å²) in [7, 11) is 0. The molecule has 4 heteroatoms. The number of rotatable bonds is 4. The third-order valence-electron chi connectivity index (χ3n) is 6.00. The largest absolute Gasteiger partial charge is 0.483 e. The molecule has 0 aromatic heterocycles. The molecule has 0 N–H and O–H groups in total. The van der Waals surface area contributed by atoms with Crippen LogP contribution in [0.5, 0.6) is 0 Å². The normalized spacial score (nSPS) is 28.1. The quantitative estimate of drug-likeness (QED) is 0.819. The summed E-state index contributed by atoms with van der Waals surface area (Å²) >= 11 is 0.